The predicted molar refractivity (Wildman–Crippen MR) is 114 cm³/mol. The molecular formula is C25H24N4O. The molecule has 1 saturated carbocycles. The monoisotopic (exact) mass is 396 g/mol. The lowest BCUT2D eigenvalue weighted by molar-refractivity contribution is 0.0732. The molecule has 0 bridgehead atoms. The second-order valence-corrected chi connectivity index (χ2v) is 8.25. The van der Waals surface area contributed by atoms with Crippen molar-refractivity contribution in [3.63, 3.8) is 0 Å². The number of fused-ring (bicyclic) bond motifs is 1. The fourth-order valence-corrected chi connectivity index (χ4v) is 4.77. The van der Waals surface area contributed by atoms with Gasteiger partial charge >= 0.3 is 0 Å². The zero-order valence-corrected chi connectivity index (χ0v) is 16.9. The molecule has 2 heterocycles. The number of nitrogens with zero attached hydrogens (tertiary/aromatic N) is 4. The molecule has 0 N–H and O–H groups in total. The summed E-state index contributed by atoms with van der Waals surface area (Å²) in [4.78, 5) is 15.4. The van der Waals surface area contributed by atoms with Gasteiger partial charge in [-0.2, -0.15) is 10.4 Å². The van der Waals surface area contributed by atoms with Gasteiger partial charge in [0.05, 0.1) is 23.0 Å². The Morgan fingerprint density at radius 1 is 1.10 bits per heavy atom. The maximum Gasteiger partial charge on any atom is 0.254 e. The van der Waals surface area contributed by atoms with Crippen molar-refractivity contribution >= 4 is 5.91 Å². The van der Waals surface area contributed by atoms with E-state index in [1.165, 1.54) is 12.8 Å². The number of benzene rings is 2. The van der Waals surface area contributed by atoms with Gasteiger partial charge in [0.2, 0.25) is 0 Å². The van der Waals surface area contributed by atoms with Crippen molar-refractivity contribution in [1.29, 1.82) is 5.26 Å². The van der Waals surface area contributed by atoms with Crippen molar-refractivity contribution in [3.8, 4) is 11.8 Å². The fraction of sp³-hybridized carbons (Fsp3) is 0.320. The Bertz CT molecular complexity index is 1120. The quantitative estimate of drug-likeness (QED) is 0.650. The number of amides is 1. The van der Waals surface area contributed by atoms with E-state index in [0.29, 0.717) is 30.1 Å². The molecule has 1 aliphatic carbocycles. The third-order valence-electron chi connectivity index (χ3n) is 6.37. The Kier molecular flexibility index (Phi) is 4.84. The molecule has 150 valence electrons. The summed E-state index contributed by atoms with van der Waals surface area (Å²) in [5, 5.41) is 14.1. The molecule has 5 nitrogen and oxygen atoms in total. The van der Waals surface area contributed by atoms with Gasteiger partial charge in [-0.25, -0.2) is 4.68 Å². The lowest BCUT2D eigenvalue weighted by Gasteiger charge is -2.28. The van der Waals surface area contributed by atoms with Crippen LogP contribution in [0.2, 0.25) is 0 Å². The van der Waals surface area contributed by atoms with Gasteiger partial charge in [-0.3, -0.25) is 4.79 Å². The molecule has 2 aromatic carbocycles. The Balaban J connectivity index is 1.43. The van der Waals surface area contributed by atoms with Crippen LogP contribution >= 0.6 is 0 Å². The molecule has 1 amide bonds. The summed E-state index contributed by atoms with van der Waals surface area (Å²) in [6.45, 7) is 1.21. The maximum absolute atomic E-state index is 13.5. The van der Waals surface area contributed by atoms with E-state index < -0.39 is 0 Å². The first-order valence-corrected chi connectivity index (χ1v) is 10.7. The van der Waals surface area contributed by atoms with Gasteiger partial charge in [0.15, 0.2) is 0 Å². The summed E-state index contributed by atoms with van der Waals surface area (Å²) >= 11 is 0. The van der Waals surface area contributed by atoms with Crippen molar-refractivity contribution in [2.24, 2.45) is 0 Å². The summed E-state index contributed by atoms with van der Waals surface area (Å²) in [7, 11) is 0. The highest BCUT2D eigenvalue weighted by atomic mass is 16.2. The van der Waals surface area contributed by atoms with Crippen LogP contribution < -0.4 is 0 Å². The summed E-state index contributed by atoms with van der Waals surface area (Å²) < 4.78 is 1.90. The zero-order valence-electron chi connectivity index (χ0n) is 16.9. The lowest BCUT2D eigenvalue weighted by Crippen LogP contribution is -2.36. The van der Waals surface area contributed by atoms with Gasteiger partial charge in [-0.05, 0) is 48.6 Å². The molecule has 1 fully saturated rings. The highest BCUT2D eigenvalue weighted by molar-refractivity contribution is 5.96. The molecule has 0 spiro atoms. The average Bonchev–Trinajstić information content (AvgIpc) is 3.48. The molecule has 5 heteroatoms. The van der Waals surface area contributed by atoms with Crippen LogP contribution in [0.1, 0.15) is 64.3 Å². The van der Waals surface area contributed by atoms with Crippen LogP contribution in [0.15, 0.2) is 54.7 Å². The van der Waals surface area contributed by atoms with Crippen molar-refractivity contribution in [2.75, 3.05) is 6.54 Å². The molecule has 0 unspecified atom stereocenters. The summed E-state index contributed by atoms with van der Waals surface area (Å²) in [6, 6.07) is 17.9. The molecule has 30 heavy (non-hydrogen) atoms. The first-order valence-electron chi connectivity index (χ1n) is 10.7. The van der Waals surface area contributed by atoms with E-state index >= 15 is 0 Å². The molecule has 0 radical (unpaired) electrons. The third kappa shape index (κ3) is 3.39. The molecular weight excluding hydrogens is 372 g/mol. The Morgan fingerprint density at radius 2 is 1.90 bits per heavy atom. The summed E-state index contributed by atoms with van der Waals surface area (Å²) in [5.41, 5.74) is 5.55. The van der Waals surface area contributed by atoms with E-state index in [9.17, 15) is 10.1 Å². The van der Waals surface area contributed by atoms with E-state index in [4.69, 9.17) is 5.10 Å². The normalized spacial score (nSPS) is 16.3. The first-order chi connectivity index (χ1) is 14.7. The number of nitriles is 1. The average molecular weight is 396 g/mol. The van der Waals surface area contributed by atoms with E-state index in [-0.39, 0.29) is 5.91 Å². The van der Waals surface area contributed by atoms with E-state index in [1.54, 1.807) is 6.07 Å². The minimum Gasteiger partial charge on any atom is -0.334 e. The predicted octanol–water partition coefficient (Wildman–Crippen LogP) is 4.60. The van der Waals surface area contributed by atoms with Gasteiger partial charge < -0.3 is 4.90 Å². The molecule has 1 aliphatic heterocycles. The van der Waals surface area contributed by atoms with Gasteiger partial charge in [0.1, 0.15) is 0 Å². The largest absolute Gasteiger partial charge is 0.334 e. The van der Waals surface area contributed by atoms with E-state index in [1.807, 2.05) is 58.2 Å². The number of carbonyl (C=O) groups excluding carboxylic acids is 1. The first kappa shape index (κ1) is 18.6. The van der Waals surface area contributed by atoms with Crippen LogP contribution in [0.25, 0.3) is 5.69 Å². The van der Waals surface area contributed by atoms with E-state index in [0.717, 1.165) is 41.8 Å². The van der Waals surface area contributed by atoms with Crippen LogP contribution in [0.5, 0.6) is 0 Å². The molecule has 3 aromatic rings. The second-order valence-electron chi connectivity index (χ2n) is 8.25. The van der Waals surface area contributed by atoms with Crippen molar-refractivity contribution in [3.05, 3.63) is 82.7 Å². The van der Waals surface area contributed by atoms with E-state index in [2.05, 4.69) is 6.07 Å². The SMILES string of the molecule is N#Cc1ccc(C2CCCC2)c(C(=O)N2CCc3nn(-c4ccccc4)cc3C2)c1. The maximum atomic E-state index is 13.5. The van der Waals surface area contributed by atoms with Crippen LogP contribution in [0.3, 0.4) is 0 Å². The number of para-hydroxylation sites is 1. The molecule has 0 saturated heterocycles. The van der Waals surface area contributed by atoms with Crippen LogP contribution in [0.4, 0.5) is 0 Å². The smallest absolute Gasteiger partial charge is 0.254 e. The Labute approximate surface area is 176 Å². The number of hydrogen-bond acceptors (Lipinski definition) is 3. The Hall–Kier alpha value is -3.39. The van der Waals surface area contributed by atoms with Crippen molar-refractivity contribution in [1.82, 2.24) is 14.7 Å². The number of aromatic nitrogens is 2. The van der Waals surface area contributed by atoms with Gasteiger partial charge in [0, 0.05) is 36.8 Å². The minimum atomic E-state index is 0.0344. The summed E-state index contributed by atoms with van der Waals surface area (Å²) in [5.74, 6) is 0.463. The molecule has 5 rings (SSSR count). The van der Waals surface area contributed by atoms with Crippen molar-refractivity contribution < 1.29 is 4.79 Å². The second kappa shape index (κ2) is 7.79. The number of carbonyl (C=O) groups is 1. The van der Waals surface area contributed by atoms with Crippen LogP contribution in [-0.2, 0) is 13.0 Å². The Morgan fingerprint density at radius 3 is 2.67 bits per heavy atom. The van der Waals surface area contributed by atoms with Crippen LogP contribution in [-0.4, -0.2) is 27.1 Å². The zero-order chi connectivity index (χ0) is 20.5. The molecule has 1 aromatic heterocycles. The van der Waals surface area contributed by atoms with Gasteiger partial charge in [-0.15, -0.1) is 0 Å². The fourth-order valence-electron chi connectivity index (χ4n) is 4.77. The van der Waals surface area contributed by atoms with Gasteiger partial charge in [0.25, 0.3) is 5.91 Å². The van der Waals surface area contributed by atoms with Gasteiger partial charge in [-0.1, -0.05) is 37.1 Å². The lowest BCUT2D eigenvalue weighted by atomic mass is 9.90. The minimum absolute atomic E-state index is 0.0344. The molecule has 2 aliphatic rings. The summed E-state index contributed by atoms with van der Waals surface area (Å²) in [6.07, 6.45) is 7.46. The highest BCUT2D eigenvalue weighted by Gasteiger charge is 2.28. The molecule has 0 atom stereocenters. The third-order valence-corrected chi connectivity index (χ3v) is 6.37. The van der Waals surface area contributed by atoms with Crippen molar-refractivity contribution in [2.45, 2.75) is 44.6 Å². The number of rotatable bonds is 3. The topological polar surface area (TPSA) is 61.9 Å². The number of hydrogen-bond donors (Lipinski definition) is 0. The standard InChI is InChI=1S/C25H24N4O/c26-15-18-10-11-22(19-6-4-5-7-19)23(14-18)25(30)28-13-12-24-20(16-28)17-29(27-24)21-8-2-1-3-9-21/h1-3,8-11,14,17,19H,4-7,12-13,16H2. The highest BCUT2D eigenvalue weighted by Crippen LogP contribution is 2.37. The van der Waals surface area contributed by atoms with Crippen LogP contribution in [0, 0.1) is 11.3 Å².